The van der Waals surface area contributed by atoms with E-state index >= 15 is 0 Å². The fraction of sp³-hybridized carbons (Fsp3) is 0.333. The summed E-state index contributed by atoms with van der Waals surface area (Å²) in [6.07, 6.45) is 1.00. The van der Waals surface area contributed by atoms with E-state index < -0.39 is 28.5 Å². The zero-order valence-corrected chi connectivity index (χ0v) is 25.8. The third kappa shape index (κ3) is 8.15. The van der Waals surface area contributed by atoms with Gasteiger partial charge in [-0.15, -0.1) is 0 Å². The van der Waals surface area contributed by atoms with Crippen molar-refractivity contribution in [2.75, 3.05) is 18.0 Å². The summed E-state index contributed by atoms with van der Waals surface area (Å²) < 4.78 is 34.1. The van der Waals surface area contributed by atoms with E-state index in [2.05, 4.69) is 5.32 Å². The fourth-order valence-electron chi connectivity index (χ4n) is 4.21. The van der Waals surface area contributed by atoms with E-state index in [9.17, 15) is 18.0 Å². The van der Waals surface area contributed by atoms with Crippen molar-refractivity contribution in [3.63, 3.8) is 0 Å². The normalized spacial score (nSPS) is 12.7. The molecule has 3 rings (SSSR count). The highest BCUT2D eigenvalue weighted by atomic mass is 35.5. The molecule has 0 aromatic heterocycles. The Kier molecular flexibility index (Phi) is 11.5. The smallest absolute Gasteiger partial charge is 0.264 e. The first-order valence-corrected chi connectivity index (χ1v) is 15.5. The van der Waals surface area contributed by atoms with Crippen molar-refractivity contribution in [1.82, 2.24) is 10.2 Å². The summed E-state index contributed by atoms with van der Waals surface area (Å²) in [7, 11) is -2.71. The number of methoxy groups -OCH3 is 1. The molecular formula is C30H35Cl2N3O5S. The first kappa shape index (κ1) is 32.2. The molecule has 3 aromatic rings. The van der Waals surface area contributed by atoms with Crippen LogP contribution in [0.2, 0.25) is 10.0 Å². The third-order valence-corrected chi connectivity index (χ3v) is 9.07. The summed E-state index contributed by atoms with van der Waals surface area (Å²) >= 11 is 12.5. The number of benzene rings is 3. The van der Waals surface area contributed by atoms with Crippen LogP contribution in [0.15, 0.2) is 77.7 Å². The molecule has 0 saturated heterocycles. The summed E-state index contributed by atoms with van der Waals surface area (Å²) in [5.41, 5.74) is 0.807. The Hall–Kier alpha value is -3.27. The van der Waals surface area contributed by atoms with E-state index in [4.69, 9.17) is 27.9 Å². The molecule has 220 valence electrons. The van der Waals surface area contributed by atoms with Gasteiger partial charge in [0, 0.05) is 28.7 Å². The maximum absolute atomic E-state index is 14.1. The molecule has 0 fully saturated rings. The molecule has 41 heavy (non-hydrogen) atoms. The van der Waals surface area contributed by atoms with Crippen LogP contribution in [0.25, 0.3) is 0 Å². The maximum atomic E-state index is 14.1. The Bertz CT molecular complexity index is 1450. The molecule has 11 heteroatoms. The lowest BCUT2D eigenvalue weighted by Crippen LogP contribution is -2.53. The van der Waals surface area contributed by atoms with Gasteiger partial charge in [0.25, 0.3) is 10.0 Å². The second-order valence-corrected chi connectivity index (χ2v) is 12.2. The highest BCUT2D eigenvalue weighted by Crippen LogP contribution is 2.28. The number of anilines is 1. The van der Waals surface area contributed by atoms with Crippen molar-refractivity contribution in [3.8, 4) is 5.75 Å². The molecule has 0 aliphatic rings. The number of carbonyl (C=O) groups is 2. The monoisotopic (exact) mass is 619 g/mol. The van der Waals surface area contributed by atoms with E-state index in [0.717, 1.165) is 4.31 Å². The number of nitrogens with zero attached hydrogens (tertiary/aromatic N) is 2. The van der Waals surface area contributed by atoms with Crippen LogP contribution in [-0.4, -0.2) is 50.9 Å². The first-order valence-electron chi connectivity index (χ1n) is 13.3. The summed E-state index contributed by atoms with van der Waals surface area (Å²) in [4.78, 5) is 28.9. The van der Waals surface area contributed by atoms with Crippen molar-refractivity contribution in [2.45, 2.75) is 57.1 Å². The average molecular weight is 621 g/mol. The number of carbonyl (C=O) groups excluding carboxylic acids is 2. The summed E-state index contributed by atoms with van der Waals surface area (Å²) in [5, 5.41) is 3.70. The number of amides is 2. The van der Waals surface area contributed by atoms with Gasteiger partial charge in [-0.05, 0) is 61.7 Å². The largest absolute Gasteiger partial charge is 0.497 e. The Morgan fingerprint density at radius 2 is 1.66 bits per heavy atom. The lowest BCUT2D eigenvalue weighted by Gasteiger charge is -2.34. The van der Waals surface area contributed by atoms with E-state index in [1.165, 1.54) is 24.1 Å². The summed E-state index contributed by atoms with van der Waals surface area (Å²) in [5.74, 6) is -0.490. The SMILES string of the molecule is CC[C@@H](C)NC(=O)[C@H](CC)N(Cc1ccc(Cl)cc1Cl)C(=O)CN(c1cccc(OC)c1)S(=O)(=O)c1ccccc1. The van der Waals surface area contributed by atoms with Crippen LogP contribution < -0.4 is 14.4 Å². The minimum atomic E-state index is -4.18. The zero-order chi connectivity index (χ0) is 30.2. The van der Waals surface area contributed by atoms with Crippen molar-refractivity contribution in [2.24, 2.45) is 0 Å². The van der Waals surface area contributed by atoms with Crippen molar-refractivity contribution in [1.29, 1.82) is 0 Å². The van der Waals surface area contributed by atoms with Gasteiger partial charge in [-0.3, -0.25) is 13.9 Å². The molecule has 0 unspecified atom stereocenters. The standard InChI is InChI=1S/C30H35Cl2N3O5S/c1-5-21(3)33-30(37)28(6-2)34(19-22-15-16-23(31)17-27(22)32)29(36)20-35(24-11-10-12-25(18-24)40-4)41(38,39)26-13-8-7-9-14-26/h7-18,21,28H,5-6,19-20H2,1-4H3,(H,33,37)/t21-,28+/m1/s1. The number of sulfonamides is 1. The van der Waals surface area contributed by atoms with Crippen LogP contribution in [0.4, 0.5) is 5.69 Å². The molecule has 0 aliphatic heterocycles. The van der Waals surface area contributed by atoms with Crippen molar-refractivity contribution >= 4 is 50.7 Å². The predicted molar refractivity (Wildman–Crippen MR) is 163 cm³/mol. The number of rotatable bonds is 13. The van der Waals surface area contributed by atoms with Gasteiger partial charge in [0.1, 0.15) is 18.3 Å². The molecule has 8 nitrogen and oxygen atoms in total. The lowest BCUT2D eigenvalue weighted by atomic mass is 10.1. The van der Waals surface area contributed by atoms with Crippen molar-refractivity contribution < 1.29 is 22.7 Å². The topological polar surface area (TPSA) is 96.0 Å². The van der Waals surface area contributed by atoms with Crippen molar-refractivity contribution in [3.05, 3.63) is 88.4 Å². The molecule has 0 spiro atoms. The van der Waals surface area contributed by atoms with Gasteiger partial charge in [-0.1, -0.05) is 67.4 Å². The quantitative estimate of drug-likeness (QED) is 0.256. The third-order valence-electron chi connectivity index (χ3n) is 6.69. The lowest BCUT2D eigenvalue weighted by molar-refractivity contribution is -0.140. The maximum Gasteiger partial charge on any atom is 0.264 e. The molecule has 3 aromatic carbocycles. The highest BCUT2D eigenvalue weighted by molar-refractivity contribution is 7.92. The van der Waals surface area contributed by atoms with Crippen LogP contribution in [0.5, 0.6) is 5.75 Å². The molecule has 0 aliphatic carbocycles. The summed E-state index contributed by atoms with van der Waals surface area (Å²) in [6, 6.07) is 18.2. The fourth-order valence-corrected chi connectivity index (χ4v) is 6.10. The molecule has 0 saturated carbocycles. The van der Waals surface area contributed by atoms with Crippen LogP contribution in [-0.2, 0) is 26.2 Å². The number of nitrogens with one attached hydrogen (secondary N) is 1. The second-order valence-electron chi connectivity index (χ2n) is 9.53. The molecule has 1 N–H and O–H groups in total. The van der Waals surface area contributed by atoms with Crippen LogP contribution in [0, 0.1) is 0 Å². The Morgan fingerprint density at radius 3 is 2.27 bits per heavy atom. The van der Waals surface area contributed by atoms with E-state index in [1.54, 1.807) is 67.6 Å². The molecule has 0 bridgehead atoms. The Morgan fingerprint density at radius 1 is 0.951 bits per heavy atom. The minimum Gasteiger partial charge on any atom is -0.497 e. The van der Waals surface area contributed by atoms with Gasteiger partial charge >= 0.3 is 0 Å². The van der Waals surface area contributed by atoms with Gasteiger partial charge in [0.2, 0.25) is 11.8 Å². The minimum absolute atomic E-state index is 0.0180. The number of halogens is 2. The Balaban J connectivity index is 2.09. The van der Waals surface area contributed by atoms with Crippen LogP contribution in [0.1, 0.15) is 39.2 Å². The zero-order valence-electron chi connectivity index (χ0n) is 23.5. The van der Waals surface area contributed by atoms with Gasteiger partial charge in [0.15, 0.2) is 0 Å². The average Bonchev–Trinajstić information content (AvgIpc) is 2.97. The molecular weight excluding hydrogens is 585 g/mol. The predicted octanol–water partition coefficient (Wildman–Crippen LogP) is 5.92. The summed E-state index contributed by atoms with van der Waals surface area (Å²) in [6.45, 7) is 5.03. The molecule has 2 amide bonds. The van der Waals surface area contributed by atoms with Gasteiger partial charge in [-0.25, -0.2) is 8.42 Å². The van der Waals surface area contributed by atoms with Gasteiger partial charge < -0.3 is 15.0 Å². The van der Waals surface area contributed by atoms with E-state index in [1.807, 2.05) is 13.8 Å². The van der Waals surface area contributed by atoms with E-state index in [0.29, 0.717) is 34.2 Å². The van der Waals surface area contributed by atoms with Crippen LogP contribution >= 0.6 is 23.2 Å². The Labute approximate surface area is 252 Å². The van der Waals surface area contributed by atoms with E-state index in [-0.39, 0.29) is 29.1 Å². The second kappa shape index (κ2) is 14.6. The van der Waals surface area contributed by atoms with Crippen LogP contribution in [0.3, 0.4) is 0 Å². The number of hydrogen-bond donors (Lipinski definition) is 1. The van der Waals surface area contributed by atoms with Gasteiger partial charge in [0.05, 0.1) is 17.7 Å². The number of hydrogen-bond acceptors (Lipinski definition) is 5. The number of ether oxygens (including phenoxy) is 1. The highest BCUT2D eigenvalue weighted by Gasteiger charge is 2.34. The molecule has 2 atom stereocenters. The molecule has 0 radical (unpaired) electrons. The first-order chi connectivity index (χ1) is 19.5. The molecule has 0 heterocycles. The van der Waals surface area contributed by atoms with Gasteiger partial charge in [-0.2, -0.15) is 0 Å².